The van der Waals surface area contributed by atoms with Crippen LogP contribution in [0, 0.1) is 0 Å². The highest BCUT2D eigenvalue weighted by atomic mass is 16.5. The normalized spacial score (nSPS) is 15.7. The highest BCUT2D eigenvalue weighted by Crippen LogP contribution is 2.24. The van der Waals surface area contributed by atoms with E-state index in [1.54, 1.807) is 4.52 Å². The number of aliphatic hydroxyl groups excluding tert-OH is 1. The van der Waals surface area contributed by atoms with Gasteiger partial charge in [0.05, 0.1) is 6.20 Å². The molecule has 1 saturated heterocycles. The molecule has 0 spiro atoms. The van der Waals surface area contributed by atoms with E-state index >= 15 is 0 Å². The second-order valence-corrected chi connectivity index (χ2v) is 9.89. The number of ether oxygens (including phenoxy) is 1. The number of unbranched alkanes of at least 4 members (excludes halogenated alkanes) is 3. The average Bonchev–Trinajstić information content (AvgIpc) is 3.33. The number of fused-ring (bicyclic) bond motifs is 1. The third-order valence-electron chi connectivity index (χ3n) is 6.52. The molecular weight excluding hydrogens is 470 g/mol. The van der Waals surface area contributed by atoms with Crippen molar-refractivity contribution in [1.82, 2.24) is 24.9 Å². The van der Waals surface area contributed by atoms with E-state index in [-0.39, 0.29) is 24.5 Å². The molecule has 37 heavy (non-hydrogen) atoms. The molecule has 4 N–H and O–H groups in total. The van der Waals surface area contributed by atoms with Crippen LogP contribution in [0.1, 0.15) is 75.8 Å². The molecule has 1 atom stereocenters. The summed E-state index contributed by atoms with van der Waals surface area (Å²) in [7, 11) is 0. The maximum atomic E-state index is 12.2. The molecule has 1 aliphatic heterocycles. The van der Waals surface area contributed by atoms with Crippen LogP contribution < -0.4 is 20.7 Å². The van der Waals surface area contributed by atoms with E-state index < -0.39 is 0 Å². The second kappa shape index (κ2) is 13.3. The Morgan fingerprint density at radius 1 is 1.19 bits per heavy atom. The molecule has 0 aliphatic carbocycles. The number of benzene rings is 1. The summed E-state index contributed by atoms with van der Waals surface area (Å²) in [5, 5.41) is 23.1. The van der Waals surface area contributed by atoms with Crippen molar-refractivity contribution in [3.63, 3.8) is 0 Å². The van der Waals surface area contributed by atoms with Gasteiger partial charge in [-0.25, -0.2) is 0 Å². The molecule has 0 saturated carbocycles. The van der Waals surface area contributed by atoms with Crippen molar-refractivity contribution in [3.05, 3.63) is 41.6 Å². The number of amides is 1. The first-order valence-corrected chi connectivity index (χ1v) is 13.4. The standard InChI is InChI=1S/C27H39N7O3/c1-19(2)23-18-30-34-25(23)32-27(37-22-8-7-14-28-17-22)33-26(34)29-16-20-10-12-21(13-11-20)31-24(36)9-5-3-4-6-15-35/h10-13,18-19,22,28,35H,3-9,14-17H2,1-2H3,(H,31,36)(H,29,32,33)/t22-/m0/s1. The van der Waals surface area contributed by atoms with Gasteiger partial charge in [-0.05, 0) is 55.8 Å². The molecule has 0 bridgehead atoms. The lowest BCUT2D eigenvalue weighted by Crippen LogP contribution is -2.37. The molecule has 3 heterocycles. The van der Waals surface area contributed by atoms with Crippen molar-refractivity contribution < 1.29 is 14.6 Å². The summed E-state index contributed by atoms with van der Waals surface area (Å²) in [6.45, 7) is 6.79. The number of rotatable bonds is 13. The van der Waals surface area contributed by atoms with E-state index in [0.717, 1.165) is 74.1 Å². The summed E-state index contributed by atoms with van der Waals surface area (Å²) in [6, 6.07) is 8.14. The number of hydrogen-bond donors (Lipinski definition) is 4. The van der Waals surface area contributed by atoms with Gasteiger partial charge in [-0.3, -0.25) is 4.79 Å². The van der Waals surface area contributed by atoms with Gasteiger partial charge in [-0.1, -0.05) is 38.8 Å². The van der Waals surface area contributed by atoms with Gasteiger partial charge in [0.1, 0.15) is 6.10 Å². The third-order valence-corrected chi connectivity index (χ3v) is 6.52. The summed E-state index contributed by atoms with van der Waals surface area (Å²) >= 11 is 0. The molecule has 1 aliphatic rings. The number of carbonyl (C=O) groups is 1. The maximum Gasteiger partial charge on any atom is 0.322 e. The highest BCUT2D eigenvalue weighted by Gasteiger charge is 2.20. The van der Waals surface area contributed by atoms with Crippen molar-refractivity contribution in [3.8, 4) is 6.01 Å². The molecule has 1 amide bonds. The molecule has 0 unspecified atom stereocenters. The van der Waals surface area contributed by atoms with Gasteiger partial charge in [-0.2, -0.15) is 19.6 Å². The molecule has 4 rings (SSSR count). The number of nitrogens with zero attached hydrogens (tertiary/aromatic N) is 4. The van der Waals surface area contributed by atoms with E-state index in [0.29, 0.717) is 24.9 Å². The monoisotopic (exact) mass is 509 g/mol. The number of carbonyl (C=O) groups excluding carboxylic acids is 1. The zero-order valence-corrected chi connectivity index (χ0v) is 21.9. The van der Waals surface area contributed by atoms with Crippen molar-refractivity contribution in [2.45, 2.75) is 77.4 Å². The van der Waals surface area contributed by atoms with Crippen LogP contribution in [-0.4, -0.2) is 56.4 Å². The highest BCUT2D eigenvalue weighted by molar-refractivity contribution is 5.90. The van der Waals surface area contributed by atoms with Gasteiger partial charge in [0.2, 0.25) is 11.9 Å². The fourth-order valence-electron chi connectivity index (χ4n) is 4.38. The lowest BCUT2D eigenvalue weighted by atomic mass is 10.1. The SMILES string of the molecule is CC(C)c1cnn2c(NCc3ccc(NC(=O)CCCCCCO)cc3)nc(O[C@H]3CCCNC3)nc12. The Bertz CT molecular complexity index is 1140. The molecule has 10 heteroatoms. The lowest BCUT2D eigenvalue weighted by molar-refractivity contribution is -0.116. The third kappa shape index (κ3) is 7.62. The molecule has 1 fully saturated rings. The zero-order chi connectivity index (χ0) is 26.0. The largest absolute Gasteiger partial charge is 0.459 e. The molecule has 1 aromatic carbocycles. The second-order valence-electron chi connectivity index (χ2n) is 9.89. The van der Waals surface area contributed by atoms with Gasteiger partial charge in [0.25, 0.3) is 0 Å². The Labute approximate surface area is 218 Å². The number of hydrogen-bond acceptors (Lipinski definition) is 8. The van der Waals surface area contributed by atoms with Crippen molar-refractivity contribution in [2.24, 2.45) is 0 Å². The molecular formula is C27H39N7O3. The number of piperidine rings is 1. The van der Waals surface area contributed by atoms with Gasteiger partial charge < -0.3 is 25.8 Å². The maximum absolute atomic E-state index is 12.2. The minimum Gasteiger partial charge on any atom is -0.459 e. The van der Waals surface area contributed by atoms with Crippen LogP contribution in [0.15, 0.2) is 30.5 Å². The van der Waals surface area contributed by atoms with Crippen LogP contribution in [0.3, 0.4) is 0 Å². The predicted octanol–water partition coefficient (Wildman–Crippen LogP) is 3.87. The first-order valence-electron chi connectivity index (χ1n) is 13.4. The fraction of sp³-hybridized carbons (Fsp3) is 0.556. The van der Waals surface area contributed by atoms with Gasteiger partial charge in [0.15, 0.2) is 5.65 Å². The Hall–Kier alpha value is -3.24. The van der Waals surface area contributed by atoms with Gasteiger partial charge in [0, 0.05) is 37.4 Å². The fourth-order valence-corrected chi connectivity index (χ4v) is 4.38. The lowest BCUT2D eigenvalue weighted by Gasteiger charge is -2.23. The van der Waals surface area contributed by atoms with E-state index in [2.05, 4.69) is 44.9 Å². The molecule has 2 aromatic heterocycles. The molecule has 10 nitrogen and oxygen atoms in total. The number of aliphatic hydroxyl groups is 1. The van der Waals surface area contributed by atoms with E-state index in [1.807, 2.05) is 30.5 Å². The van der Waals surface area contributed by atoms with Crippen LogP contribution in [0.4, 0.5) is 11.6 Å². The van der Waals surface area contributed by atoms with Crippen LogP contribution in [0.5, 0.6) is 6.01 Å². The number of nitrogens with one attached hydrogen (secondary N) is 3. The minimum absolute atomic E-state index is 0.0126. The van der Waals surface area contributed by atoms with E-state index in [4.69, 9.17) is 9.84 Å². The Morgan fingerprint density at radius 2 is 2.00 bits per heavy atom. The Morgan fingerprint density at radius 3 is 2.73 bits per heavy atom. The predicted molar refractivity (Wildman–Crippen MR) is 144 cm³/mol. The first-order chi connectivity index (χ1) is 18.0. The first kappa shape index (κ1) is 26.8. The molecule has 3 aromatic rings. The summed E-state index contributed by atoms with van der Waals surface area (Å²) in [5.41, 5.74) is 3.62. The number of anilines is 2. The van der Waals surface area contributed by atoms with Crippen molar-refractivity contribution in [2.75, 3.05) is 30.3 Å². The van der Waals surface area contributed by atoms with Gasteiger partial charge >= 0.3 is 6.01 Å². The van der Waals surface area contributed by atoms with Crippen LogP contribution in [0.2, 0.25) is 0 Å². The van der Waals surface area contributed by atoms with Crippen LogP contribution >= 0.6 is 0 Å². The van der Waals surface area contributed by atoms with Crippen molar-refractivity contribution >= 4 is 23.2 Å². The summed E-state index contributed by atoms with van der Waals surface area (Å²) < 4.78 is 7.88. The summed E-state index contributed by atoms with van der Waals surface area (Å²) in [6.07, 6.45) is 7.96. The minimum atomic E-state index is 0.0126. The van der Waals surface area contributed by atoms with Crippen LogP contribution in [-0.2, 0) is 11.3 Å². The Kier molecular flexibility index (Phi) is 9.67. The molecule has 200 valence electrons. The number of aromatic nitrogens is 4. The topological polar surface area (TPSA) is 126 Å². The van der Waals surface area contributed by atoms with Gasteiger partial charge in [-0.15, -0.1) is 0 Å². The smallest absolute Gasteiger partial charge is 0.322 e. The average molecular weight is 510 g/mol. The van der Waals surface area contributed by atoms with Crippen molar-refractivity contribution in [1.29, 1.82) is 0 Å². The van der Waals surface area contributed by atoms with E-state index in [1.165, 1.54) is 0 Å². The summed E-state index contributed by atoms with van der Waals surface area (Å²) in [5.74, 6) is 0.862. The van der Waals surface area contributed by atoms with Crippen LogP contribution in [0.25, 0.3) is 5.65 Å². The quantitative estimate of drug-likeness (QED) is 0.256. The Balaban J connectivity index is 1.39. The summed E-state index contributed by atoms with van der Waals surface area (Å²) in [4.78, 5) is 21.5. The van der Waals surface area contributed by atoms with E-state index in [9.17, 15) is 4.79 Å². The zero-order valence-electron chi connectivity index (χ0n) is 21.9. The molecule has 0 radical (unpaired) electrons.